The number of amides is 1. The smallest absolute Gasteiger partial charge is 0.264 e. The van der Waals surface area contributed by atoms with Crippen LogP contribution in [0.4, 0.5) is 11.4 Å². The number of sulfonamides is 1. The van der Waals surface area contributed by atoms with Crippen molar-refractivity contribution in [3.63, 3.8) is 0 Å². The lowest BCUT2D eigenvalue weighted by Crippen LogP contribution is -2.27. The maximum atomic E-state index is 13.1. The number of carbonyl (C=O) groups is 1. The van der Waals surface area contributed by atoms with Gasteiger partial charge in [-0.2, -0.15) is 0 Å². The summed E-state index contributed by atoms with van der Waals surface area (Å²) in [5.74, 6) is 0.612. The van der Waals surface area contributed by atoms with Crippen LogP contribution in [0.25, 0.3) is 0 Å². The Labute approximate surface area is 201 Å². The number of rotatable bonds is 7. The van der Waals surface area contributed by atoms with Gasteiger partial charge in [-0.3, -0.25) is 9.10 Å². The molecule has 0 aliphatic heterocycles. The summed E-state index contributed by atoms with van der Waals surface area (Å²) in [6.45, 7) is 6.25. The van der Waals surface area contributed by atoms with Gasteiger partial charge in [-0.05, 0) is 59.5 Å². The summed E-state index contributed by atoms with van der Waals surface area (Å²) in [6.07, 6.45) is 0. The summed E-state index contributed by atoms with van der Waals surface area (Å²) in [7, 11) is 0.630. The molecule has 0 unspecified atom stereocenters. The van der Waals surface area contributed by atoms with E-state index in [9.17, 15) is 13.2 Å². The minimum atomic E-state index is -3.86. The Hall–Kier alpha value is -3.52. The Bertz CT molecular complexity index is 1280. The molecule has 34 heavy (non-hydrogen) atoms. The lowest BCUT2D eigenvalue weighted by molar-refractivity contribution is 0.102. The Morgan fingerprint density at radius 1 is 0.882 bits per heavy atom. The van der Waals surface area contributed by atoms with Gasteiger partial charge in [0.05, 0.1) is 30.5 Å². The number of carbonyl (C=O) groups excluding carboxylic acids is 1. The molecule has 180 valence electrons. The third-order valence-electron chi connectivity index (χ3n) is 5.51. The molecule has 0 bridgehead atoms. The third kappa shape index (κ3) is 5.17. The molecule has 0 saturated heterocycles. The van der Waals surface area contributed by atoms with Crippen LogP contribution in [0.2, 0.25) is 0 Å². The first-order valence-electron chi connectivity index (χ1n) is 10.7. The van der Waals surface area contributed by atoms with E-state index in [1.807, 2.05) is 18.2 Å². The number of anilines is 2. The fourth-order valence-electron chi connectivity index (χ4n) is 3.42. The van der Waals surface area contributed by atoms with Crippen molar-refractivity contribution in [2.75, 3.05) is 30.9 Å². The summed E-state index contributed by atoms with van der Waals surface area (Å²) < 4.78 is 38.1. The average Bonchev–Trinajstić information content (AvgIpc) is 2.82. The molecule has 0 aliphatic carbocycles. The predicted molar refractivity (Wildman–Crippen MR) is 135 cm³/mol. The van der Waals surface area contributed by atoms with Crippen LogP contribution in [-0.4, -0.2) is 35.6 Å². The Morgan fingerprint density at radius 2 is 1.50 bits per heavy atom. The molecule has 0 radical (unpaired) electrons. The van der Waals surface area contributed by atoms with E-state index < -0.39 is 10.0 Å². The lowest BCUT2D eigenvalue weighted by Gasteiger charge is -2.22. The van der Waals surface area contributed by atoms with Gasteiger partial charge in [0.2, 0.25) is 0 Å². The number of nitrogens with one attached hydrogen (secondary N) is 1. The van der Waals surface area contributed by atoms with Crippen molar-refractivity contribution in [1.82, 2.24) is 0 Å². The quantitative estimate of drug-likeness (QED) is 0.508. The minimum Gasteiger partial charge on any atom is -0.495 e. The summed E-state index contributed by atoms with van der Waals surface area (Å²) in [4.78, 5) is 13.0. The number of hydrogen-bond donors (Lipinski definition) is 1. The Morgan fingerprint density at radius 3 is 2.09 bits per heavy atom. The normalized spacial score (nSPS) is 11.6. The van der Waals surface area contributed by atoms with E-state index in [1.165, 1.54) is 38.4 Å². The van der Waals surface area contributed by atoms with Gasteiger partial charge in [0.1, 0.15) is 11.5 Å². The van der Waals surface area contributed by atoms with Crippen LogP contribution in [0.5, 0.6) is 11.5 Å². The molecule has 0 saturated carbocycles. The van der Waals surface area contributed by atoms with Gasteiger partial charge < -0.3 is 14.8 Å². The molecule has 0 fully saturated rings. The first-order valence-corrected chi connectivity index (χ1v) is 12.1. The molecule has 0 aromatic heterocycles. The van der Waals surface area contributed by atoms with Crippen LogP contribution in [0.15, 0.2) is 71.6 Å². The minimum absolute atomic E-state index is 0.0600. The molecular weight excluding hydrogens is 452 g/mol. The van der Waals surface area contributed by atoms with Crippen molar-refractivity contribution in [2.24, 2.45) is 0 Å². The summed E-state index contributed by atoms with van der Waals surface area (Å²) in [5.41, 5.74) is 2.23. The summed E-state index contributed by atoms with van der Waals surface area (Å²) in [6, 6.07) is 18.3. The molecule has 3 rings (SSSR count). The largest absolute Gasteiger partial charge is 0.495 e. The van der Waals surface area contributed by atoms with E-state index >= 15 is 0 Å². The fraction of sp³-hybridized carbons (Fsp3) is 0.269. The van der Waals surface area contributed by atoms with Gasteiger partial charge in [-0.15, -0.1) is 0 Å². The molecule has 3 aromatic carbocycles. The number of benzene rings is 3. The maximum absolute atomic E-state index is 13.1. The van der Waals surface area contributed by atoms with Crippen molar-refractivity contribution in [2.45, 2.75) is 31.1 Å². The highest BCUT2D eigenvalue weighted by atomic mass is 32.2. The van der Waals surface area contributed by atoms with Gasteiger partial charge in [0.15, 0.2) is 0 Å². The molecule has 7 nitrogen and oxygen atoms in total. The lowest BCUT2D eigenvalue weighted by atomic mass is 9.87. The van der Waals surface area contributed by atoms with E-state index in [0.717, 1.165) is 9.87 Å². The standard InChI is InChI=1S/C26H30N2O5S/c1-26(2,3)19-13-16-23(32-5)21(17-19)27-25(29)18-11-14-20(15-12-18)34(30,31)28(4)22-9-7-8-10-24(22)33-6/h7-17H,1-6H3,(H,27,29). The van der Waals surface area contributed by atoms with E-state index in [4.69, 9.17) is 9.47 Å². The predicted octanol–water partition coefficient (Wildman–Crippen LogP) is 5.08. The van der Waals surface area contributed by atoms with Crippen LogP contribution in [0.3, 0.4) is 0 Å². The maximum Gasteiger partial charge on any atom is 0.264 e. The van der Waals surface area contributed by atoms with Gasteiger partial charge in [-0.1, -0.05) is 39.0 Å². The Kier molecular flexibility index (Phi) is 7.21. The molecular formula is C26H30N2O5S. The van der Waals surface area contributed by atoms with Crippen LogP contribution in [0.1, 0.15) is 36.7 Å². The van der Waals surface area contributed by atoms with Gasteiger partial charge >= 0.3 is 0 Å². The number of hydrogen-bond acceptors (Lipinski definition) is 5. The first-order chi connectivity index (χ1) is 16.0. The van der Waals surface area contributed by atoms with Crippen LogP contribution in [0, 0.1) is 0 Å². The summed E-state index contributed by atoms with van der Waals surface area (Å²) >= 11 is 0. The van der Waals surface area contributed by atoms with E-state index in [-0.39, 0.29) is 16.2 Å². The van der Waals surface area contributed by atoms with E-state index in [0.29, 0.717) is 28.4 Å². The van der Waals surface area contributed by atoms with Crippen molar-refractivity contribution >= 4 is 27.3 Å². The second kappa shape index (κ2) is 9.77. The van der Waals surface area contributed by atoms with Crippen LogP contribution >= 0.6 is 0 Å². The highest BCUT2D eigenvalue weighted by molar-refractivity contribution is 7.92. The number of para-hydroxylation sites is 2. The van der Waals surface area contributed by atoms with Crippen molar-refractivity contribution in [3.8, 4) is 11.5 Å². The van der Waals surface area contributed by atoms with Crippen molar-refractivity contribution in [3.05, 3.63) is 77.9 Å². The number of methoxy groups -OCH3 is 2. The zero-order valence-electron chi connectivity index (χ0n) is 20.2. The number of nitrogens with zero attached hydrogens (tertiary/aromatic N) is 1. The van der Waals surface area contributed by atoms with Crippen LogP contribution < -0.4 is 19.1 Å². The van der Waals surface area contributed by atoms with Gasteiger partial charge in [-0.25, -0.2) is 8.42 Å². The second-order valence-electron chi connectivity index (χ2n) is 8.79. The molecule has 0 spiro atoms. The van der Waals surface area contributed by atoms with Crippen molar-refractivity contribution < 1.29 is 22.7 Å². The highest BCUT2D eigenvalue weighted by Gasteiger charge is 2.24. The topological polar surface area (TPSA) is 84.9 Å². The van der Waals surface area contributed by atoms with E-state index in [2.05, 4.69) is 26.1 Å². The fourth-order valence-corrected chi connectivity index (χ4v) is 4.63. The third-order valence-corrected chi connectivity index (χ3v) is 7.30. The van der Waals surface area contributed by atoms with Crippen molar-refractivity contribution in [1.29, 1.82) is 0 Å². The molecule has 0 aliphatic rings. The molecule has 3 aromatic rings. The summed E-state index contributed by atoms with van der Waals surface area (Å²) in [5, 5.41) is 2.87. The highest BCUT2D eigenvalue weighted by Crippen LogP contribution is 2.33. The molecule has 0 heterocycles. The van der Waals surface area contributed by atoms with Gasteiger partial charge in [0, 0.05) is 12.6 Å². The molecule has 1 amide bonds. The molecule has 8 heteroatoms. The number of ether oxygens (including phenoxy) is 2. The SMILES string of the molecule is COc1ccc(C(C)(C)C)cc1NC(=O)c1ccc(S(=O)(=O)N(C)c2ccccc2OC)cc1. The second-order valence-corrected chi connectivity index (χ2v) is 10.8. The first kappa shape index (κ1) is 25.1. The average molecular weight is 483 g/mol. The zero-order chi connectivity index (χ0) is 25.1. The Balaban J connectivity index is 1.85. The molecule has 0 atom stereocenters. The molecule has 1 N–H and O–H groups in total. The monoisotopic (exact) mass is 482 g/mol. The van der Waals surface area contributed by atoms with Gasteiger partial charge in [0.25, 0.3) is 15.9 Å². The van der Waals surface area contributed by atoms with E-state index in [1.54, 1.807) is 31.4 Å². The van der Waals surface area contributed by atoms with Crippen LogP contribution in [-0.2, 0) is 15.4 Å². The zero-order valence-corrected chi connectivity index (χ0v) is 21.1.